The number of carbonyl (C=O) groups excluding carboxylic acids is 1. The van der Waals surface area contributed by atoms with Crippen LogP contribution in [0.5, 0.6) is 0 Å². The van der Waals surface area contributed by atoms with Gasteiger partial charge in [0.25, 0.3) is 0 Å². The van der Waals surface area contributed by atoms with Crippen LogP contribution in [0, 0.1) is 0 Å². The van der Waals surface area contributed by atoms with Gasteiger partial charge in [-0.2, -0.15) is 5.10 Å². The van der Waals surface area contributed by atoms with Gasteiger partial charge in [-0.25, -0.2) is 0 Å². The molecule has 3 heteroatoms. The molecule has 0 atom stereocenters. The molecule has 11 heavy (non-hydrogen) atoms. The van der Waals surface area contributed by atoms with Crippen molar-refractivity contribution < 1.29 is 4.79 Å². The van der Waals surface area contributed by atoms with Gasteiger partial charge in [0, 0.05) is 31.0 Å². The molecule has 0 aromatic rings. The number of carbonyl (C=O) groups is 1. The van der Waals surface area contributed by atoms with E-state index in [-0.39, 0.29) is 5.78 Å². The summed E-state index contributed by atoms with van der Waals surface area (Å²) in [4.78, 5) is 10.7. The molecule has 0 amide bonds. The molecule has 0 fully saturated rings. The molecular weight excluding hydrogens is 140 g/mol. The topological polar surface area (TPSA) is 32.7 Å². The zero-order valence-electron chi connectivity index (χ0n) is 6.87. The summed E-state index contributed by atoms with van der Waals surface area (Å²) in [5.74, 6) is 0.0737. The van der Waals surface area contributed by atoms with Crippen LogP contribution in [-0.2, 0) is 4.79 Å². The first kappa shape index (κ1) is 7.98. The molecular formula is C8H12N2O. The fraction of sp³-hybridized carbons (Fsp3) is 0.500. The molecule has 0 spiro atoms. The molecule has 3 nitrogen and oxygen atoms in total. The molecule has 0 bridgehead atoms. The Labute approximate surface area is 66.4 Å². The minimum Gasteiger partial charge on any atom is -0.295 e. The standard InChI is InChI=1S/C8H12N2O/c1-7(6-8(2)11)10-5-3-4-9-10/h4,6H,3,5H2,1-2H3/b7-6-. The Morgan fingerprint density at radius 3 is 2.82 bits per heavy atom. The highest BCUT2D eigenvalue weighted by Gasteiger charge is 2.06. The third kappa shape index (κ3) is 2.18. The van der Waals surface area contributed by atoms with Gasteiger partial charge in [0.05, 0.1) is 0 Å². The molecule has 1 aliphatic heterocycles. The smallest absolute Gasteiger partial charge is 0.154 e. The highest BCUT2D eigenvalue weighted by molar-refractivity contribution is 5.87. The third-order valence-corrected chi connectivity index (χ3v) is 1.51. The van der Waals surface area contributed by atoms with Gasteiger partial charge in [-0.15, -0.1) is 0 Å². The molecule has 1 rings (SSSR count). The molecule has 0 saturated heterocycles. The number of hydrazone groups is 1. The van der Waals surface area contributed by atoms with E-state index in [2.05, 4.69) is 5.10 Å². The molecule has 0 radical (unpaired) electrons. The average molecular weight is 152 g/mol. The molecule has 60 valence electrons. The van der Waals surface area contributed by atoms with Crippen LogP contribution in [0.15, 0.2) is 16.9 Å². The van der Waals surface area contributed by atoms with Crippen molar-refractivity contribution >= 4 is 12.0 Å². The molecule has 0 aromatic carbocycles. The summed E-state index contributed by atoms with van der Waals surface area (Å²) in [5, 5.41) is 5.91. The van der Waals surface area contributed by atoms with Gasteiger partial charge >= 0.3 is 0 Å². The van der Waals surface area contributed by atoms with E-state index in [1.807, 2.05) is 18.1 Å². The molecule has 1 heterocycles. The highest BCUT2D eigenvalue weighted by atomic mass is 16.1. The van der Waals surface area contributed by atoms with Crippen LogP contribution in [-0.4, -0.2) is 23.6 Å². The molecule has 0 aromatic heterocycles. The second kappa shape index (κ2) is 3.32. The lowest BCUT2D eigenvalue weighted by Crippen LogP contribution is -2.11. The molecule has 0 unspecified atom stereocenters. The van der Waals surface area contributed by atoms with E-state index in [1.165, 1.54) is 0 Å². The Kier molecular flexibility index (Phi) is 2.41. The van der Waals surface area contributed by atoms with Crippen LogP contribution in [0.2, 0.25) is 0 Å². The summed E-state index contributed by atoms with van der Waals surface area (Å²) in [6, 6.07) is 0. The highest BCUT2D eigenvalue weighted by Crippen LogP contribution is 2.08. The van der Waals surface area contributed by atoms with E-state index in [0.717, 1.165) is 18.7 Å². The maximum atomic E-state index is 10.7. The first-order valence-corrected chi connectivity index (χ1v) is 3.69. The van der Waals surface area contributed by atoms with Crippen LogP contribution in [0.3, 0.4) is 0 Å². The van der Waals surface area contributed by atoms with E-state index >= 15 is 0 Å². The van der Waals surface area contributed by atoms with E-state index in [1.54, 1.807) is 13.0 Å². The van der Waals surface area contributed by atoms with E-state index < -0.39 is 0 Å². The first-order valence-electron chi connectivity index (χ1n) is 3.69. The average Bonchev–Trinajstić information content (AvgIpc) is 2.35. The summed E-state index contributed by atoms with van der Waals surface area (Å²) in [7, 11) is 0. The van der Waals surface area contributed by atoms with Gasteiger partial charge in [0.2, 0.25) is 0 Å². The SMILES string of the molecule is CC(=O)/C=C(/C)N1CCC=N1. The number of allylic oxidation sites excluding steroid dienone is 2. The Hall–Kier alpha value is -1.12. The predicted octanol–water partition coefficient (Wildman–Crippen LogP) is 1.17. The zero-order chi connectivity index (χ0) is 8.27. The lowest BCUT2D eigenvalue weighted by Gasteiger charge is -2.12. The second-order valence-electron chi connectivity index (χ2n) is 2.61. The van der Waals surface area contributed by atoms with E-state index in [4.69, 9.17) is 0 Å². The van der Waals surface area contributed by atoms with Crippen molar-refractivity contribution in [2.24, 2.45) is 5.10 Å². The normalized spacial score (nSPS) is 17.6. The second-order valence-corrected chi connectivity index (χ2v) is 2.61. The van der Waals surface area contributed by atoms with Crippen LogP contribution in [0.4, 0.5) is 0 Å². The first-order chi connectivity index (χ1) is 5.20. The molecule has 0 N–H and O–H groups in total. The molecule has 0 aliphatic carbocycles. The maximum absolute atomic E-state index is 10.7. The summed E-state index contributed by atoms with van der Waals surface area (Å²) in [6.45, 7) is 4.34. The Morgan fingerprint density at radius 1 is 1.64 bits per heavy atom. The van der Waals surface area contributed by atoms with Crippen LogP contribution in [0.25, 0.3) is 0 Å². The van der Waals surface area contributed by atoms with Crippen molar-refractivity contribution in [3.8, 4) is 0 Å². The lowest BCUT2D eigenvalue weighted by atomic mass is 10.3. The quantitative estimate of drug-likeness (QED) is 0.556. The summed E-state index contributed by atoms with van der Waals surface area (Å²) < 4.78 is 0. The van der Waals surface area contributed by atoms with Gasteiger partial charge in [-0.3, -0.25) is 9.80 Å². The maximum Gasteiger partial charge on any atom is 0.154 e. The van der Waals surface area contributed by atoms with Crippen molar-refractivity contribution in [1.29, 1.82) is 0 Å². The zero-order valence-corrected chi connectivity index (χ0v) is 6.87. The van der Waals surface area contributed by atoms with Crippen molar-refractivity contribution in [1.82, 2.24) is 5.01 Å². The number of ketones is 1. The van der Waals surface area contributed by atoms with Crippen molar-refractivity contribution in [3.63, 3.8) is 0 Å². The van der Waals surface area contributed by atoms with E-state index in [9.17, 15) is 4.79 Å². The van der Waals surface area contributed by atoms with Gasteiger partial charge in [0.1, 0.15) is 0 Å². The summed E-state index contributed by atoms with van der Waals surface area (Å²) in [6.07, 6.45) is 4.43. The third-order valence-electron chi connectivity index (χ3n) is 1.51. The number of rotatable bonds is 2. The van der Waals surface area contributed by atoms with Crippen molar-refractivity contribution in [2.45, 2.75) is 20.3 Å². The summed E-state index contributed by atoms with van der Waals surface area (Å²) in [5.41, 5.74) is 0.922. The number of nitrogens with zero attached hydrogens (tertiary/aromatic N) is 2. The molecule has 0 saturated carbocycles. The monoisotopic (exact) mass is 152 g/mol. The van der Waals surface area contributed by atoms with Gasteiger partial charge < -0.3 is 0 Å². The Morgan fingerprint density at radius 2 is 2.36 bits per heavy atom. The minimum atomic E-state index is 0.0737. The Balaban J connectivity index is 2.59. The van der Waals surface area contributed by atoms with Crippen molar-refractivity contribution in [3.05, 3.63) is 11.8 Å². The fourth-order valence-corrected chi connectivity index (χ4v) is 1.03. The van der Waals surface area contributed by atoms with Gasteiger partial charge in [-0.1, -0.05) is 0 Å². The number of hydrogen-bond donors (Lipinski definition) is 0. The lowest BCUT2D eigenvalue weighted by molar-refractivity contribution is -0.112. The van der Waals surface area contributed by atoms with Crippen LogP contribution in [0.1, 0.15) is 20.3 Å². The van der Waals surface area contributed by atoms with Gasteiger partial charge in [0.15, 0.2) is 5.78 Å². The van der Waals surface area contributed by atoms with E-state index in [0.29, 0.717) is 0 Å². The Bertz CT molecular complexity index is 218. The molecule has 1 aliphatic rings. The largest absolute Gasteiger partial charge is 0.295 e. The van der Waals surface area contributed by atoms with Crippen molar-refractivity contribution in [2.75, 3.05) is 6.54 Å². The minimum absolute atomic E-state index is 0.0737. The number of hydrogen-bond acceptors (Lipinski definition) is 3. The van der Waals surface area contributed by atoms with Crippen LogP contribution < -0.4 is 0 Å². The van der Waals surface area contributed by atoms with Crippen LogP contribution >= 0.6 is 0 Å². The predicted molar refractivity (Wildman–Crippen MR) is 44.3 cm³/mol. The summed E-state index contributed by atoms with van der Waals surface area (Å²) >= 11 is 0. The fourth-order valence-electron chi connectivity index (χ4n) is 1.03. The van der Waals surface area contributed by atoms with Gasteiger partial charge in [-0.05, 0) is 13.8 Å².